The fraction of sp³-hybridized carbons (Fsp3) is 0.917. The van der Waals surface area contributed by atoms with Crippen molar-refractivity contribution in [2.24, 2.45) is 5.92 Å². The van der Waals surface area contributed by atoms with E-state index in [0.717, 1.165) is 18.9 Å². The first kappa shape index (κ1) is 13.8. The molecule has 0 aromatic heterocycles. The van der Waals surface area contributed by atoms with Crippen LogP contribution in [0.15, 0.2) is 0 Å². The molecule has 94 valence electrons. The molecule has 1 saturated heterocycles. The second kappa shape index (κ2) is 6.45. The zero-order valence-corrected chi connectivity index (χ0v) is 10.8. The van der Waals surface area contributed by atoms with Gasteiger partial charge in [-0.15, -0.1) is 12.4 Å². The van der Waals surface area contributed by atoms with Crippen molar-refractivity contribution in [3.05, 3.63) is 0 Å². The second-order valence-electron chi connectivity index (χ2n) is 4.90. The number of piperidine rings is 1. The van der Waals surface area contributed by atoms with Gasteiger partial charge >= 0.3 is 0 Å². The summed E-state index contributed by atoms with van der Waals surface area (Å²) in [6.07, 6.45) is 7.12. The molecule has 1 aliphatic heterocycles. The Kier molecular flexibility index (Phi) is 5.56. The van der Waals surface area contributed by atoms with E-state index in [4.69, 9.17) is 0 Å². The van der Waals surface area contributed by atoms with Crippen LogP contribution < -0.4 is 10.6 Å². The average molecular weight is 247 g/mol. The van der Waals surface area contributed by atoms with E-state index >= 15 is 0 Å². The number of hydrogen-bond donors (Lipinski definition) is 2. The van der Waals surface area contributed by atoms with Gasteiger partial charge in [0, 0.05) is 6.04 Å². The van der Waals surface area contributed by atoms with Crippen LogP contribution in [0, 0.1) is 5.92 Å². The van der Waals surface area contributed by atoms with Gasteiger partial charge in [0.25, 0.3) is 0 Å². The Morgan fingerprint density at radius 1 is 1.44 bits per heavy atom. The predicted molar refractivity (Wildman–Crippen MR) is 67.8 cm³/mol. The van der Waals surface area contributed by atoms with Crippen LogP contribution in [0.3, 0.4) is 0 Å². The molecule has 1 saturated carbocycles. The highest BCUT2D eigenvalue weighted by atomic mass is 35.5. The summed E-state index contributed by atoms with van der Waals surface area (Å²) in [4.78, 5) is 11.8. The lowest BCUT2D eigenvalue weighted by atomic mass is 10.0. The molecular formula is C12H23ClN2O. The van der Waals surface area contributed by atoms with Crippen LogP contribution in [0.5, 0.6) is 0 Å². The van der Waals surface area contributed by atoms with E-state index in [-0.39, 0.29) is 24.4 Å². The van der Waals surface area contributed by atoms with Crippen molar-refractivity contribution in [3.63, 3.8) is 0 Å². The maximum absolute atomic E-state index is 11.8. The molecule has 1 heterocycles. The highest BCUT2D eigenvalue weighted by Crippen LogP contribution is 2.34. The molecule has 2 fully saturated rings. The highest BCUT2D eigenvalue weighted by Gasteiger charge is 2.38. The number of halogens is 1. The van der Waals surface area contributed by atoms with Gasteiger partial charge in [-0.05, 0) is 38.1 Å². The molecule has 4 heteroatoms. The van der Waals surface area contributed by atoms with E-state index < -0.39 is 0 Å². The van der Waals surface area contributed by atoms with Crippen LogP contribution in [0.2, 0.25) is 0 Å². The fourth-order valence-electron chi connectivity index (χ4n) is 2.47. The molecule has 0 radical (unpaired) electrons. The standard InChI is InChI=1S/C12H22N2O.ClH/c1-2-5-9-8-11(9)14-12(15)10-6-3-4-7-13-10;/h9-11,13H,2-8H2,1H3,(H,14,15);1H/t9?,10-,11?;/m1./s1. The maximum atomic E-state index is 11.8. The fourth-order valence-corrected chi connectivity index (χ4v) is 2.47. The Hall–Kier alpha value is -0.280. The van der Waals surface area contributed by atoms with Gasteiger partial charge in [0.1, 0.15) is 0 Å². The molecule has 0 aromatic rings. The van der Waals surface area contributed by atoms with E-state index in [1.807, 2.05) is 0 Å². The number of carbonyl (C=O) groups excluding carboxylic acids is 1. The molecule has 3 atom stereocenters. The highest BCUT2D eigenvalue weighted by molar-refractivity contribution is 5.85. The van der Waals surface area contributed by atoms with Crippen LogP contribution >= 0.6 is 12.4 Å². The number of nitrogens with one attached hydrogen (secondary N) is 2. The van der Waals surface area contributed by atoms with Crippen LogP contribution in [-0.2, 0) is 4.79 Å². The minimum atomic E-state index is 0. The summed E-state index contributed by atoms with van der Waals surface area (Å²) < 4.78 is 0. The second-order valence-corrected chi connectivity index (χ2v) is 4.90. The monoisotopic (exact) mass is 246 g/mol. The van der Waals surface area contributed by atoms with Gasteiger partial charge in [-0.1, -0.05) is 19.8 Å². The van der Waals surface area contributed by atoms with Gasteiger partial charge in [-0.3, -0.25) is 4.79 Å². The van der Waals surface area contributed by atoms with Crippen LogP contribution in [0.4, 0.5) is 0 Å². The maximum Gasteiger partial charge on any atom is 0.237 e. The lowest BCUT2D eigenvalue weighted by molar-refractivity contribution is -0.123. The summed E-state index contributed by atoms with van der Waals surface area (Å²) in [5, 5.41) is 6.44. The van der Waals surface area contributed by atoms with E-state index in [1.165, 1.54) is 32.1 Å². The first-order chi connectivity index (χ1) is 7.31. The summed E-state index contributed by atoms with van der Waals surface area (Å²) in [6, 6.07) is 0.572. The SMILES string of the molecule is CCCC1CC1NC(=O)[C@H]1CCCCN1.Cl. The zero-order valence-electron chi connectivity index (χ0n) is 10.00. The van der Waals surface area contributed by atoms with Crippen LogP contribution in [-0.4, -0.2) is 24.5 Å². The molecular weight excluding hydrogens is 224 g/mol. The van der Waals surface area contributed by atoms with Gasteiger partial charge in [-0.2, -0.15) is 0 Å². The number of carbonyl (C=O) groups is 1. The Balaban J connectivity index is 0.00000128. The third-order valence-corrected chi connectivity index (χ3v) is 3.54. The lowest BCUT2D eigenvalue weighted by Crippen LogP contribution is -2.47. The van der Waals surface area contributed by atoms with Gasteiger partial charge in [0.05, 0.1) is 6.04 Å². The molecule has 16 heavy (non-hydrogen) atoms. The average Bonchev–Trinajstić information content (AvgIpc) is 2.98. The summed E-state index contributed by atoms with van der Waals surface area (Å²) in [5.41, 5.74) is 0. The molecule has 2 unspecified atom stereocenters. The lowest BCUT2D eigenvalue weighted by Gasteiger charge is -2.22. The minimum Gasteiger partial charge on any atom is -0.352 e. The molecule has 2 N–H and O–H groups in total. The smallest absolute Gasteiger partial charge is 0.237 e. The Morgan fingerprint density at radius 2 is 2.25 bits per heavy atom. The molecule has 2 aliphatic rings. The Morgan fingerprint density at radius 3 is 2.88 bits per heavy atom. The van der Waals surface area contributed by atoms with Gasteiger partial charge in [0.2, 0.25) is 5.91 Å². The minimum absolute atomic E-state index is 0. The molecule has 0 aromatic carbocycles. The van der Waals surface area contributed by atoms with E-state index in [2.05, 4.69) is 17.6 Å². The third-order valence-electron chi connectivity index (χ3n) is 3.54. The van der Waals surface area contributed by atoms with Crippen molar-refractivity contribution in [1.82, 2.24) is 10.6 Å². The number of rotatable bonds is 4. The Bertz CT molecular complexity index is 229. The first-order valence-corrected chi connectivity index (χ1v) is 6.35. The number of hydrogen-bond acceptors (Lipinski definition) is 2. The molecule has 1 aliphatic carbocycles. The quantitative estimate of drug-likeness (QED) is 0.795. The van der Waals surface area contributed by atoms with Crippen molar-refractivity contribution in [2.75, 3.05) is 6.54 Å². The van der Waals surface area contributed by atoms with E-state index in [9.17, 15) is 4.79 Å². The molecule has 0 bridgehead atoms. The van der Waals surface area contributed by atoms with Crippen molar-refractivity contribution in [1.29, 1.82) is 0 Å². The Labute approximate surface area is 104 Å². The van der Waals surface area contributed by atoms with Crippen molar-refractivity contribution < 1.29 is 4.79 Å². The van der Waals surface area contributed by atoms with Crippen molar-refractivity contribution in [3.8, 4) is 0 Å². The molecule has 1 amide bonds. The first-order valence-electron chi connectivity index (χ1n) is 6.35. The summed E-state index contributed by atoms with van der Waals surface area (Å²) in [7, 11) is 0. The normalized spacial score (nSPS) is 32.7. The summed E-state index contributed by atoms with van der Waals surface area (Å²) in [6.45, 7) is 3.21. The van der Waals surface area contributed by atoms with Gasteiger partial charge in [-0.25, -0.2) is 0 Å². The zero-order chi connectivity index (χ0) is 10.7. The van der Waals surface area contributed by atoms with E-state index in [0.29, 0.717) is 6.04 Å². The van der Waals surface area contributed by atoms with Crippen molar-refractivity contribution >= 4 is 18.3 Å². The largest absolute Gasteiger partial charge is 0.352 e. The van der Waals surface area contributed by atoms with E-state index in [1.54, 1.807) is 0 Å². The topological polar surface area (TPSA) is 41.1 Å². The van der Waals surface area contributed by atoms with Crippen LogP contribution in [0.1, 0.15) is 45.4 Å². The van der Waals surface area contributed by atoms with Gasteiger partial charge < -0.3 is 10.6 Å². The van der Waals surface area contributed by atoms with Crippen LogP contribution in [0.25, 0.3) is 0 Å². The van der Waals surface area contributed by atoms with Crippen molar-refractivity contribution in [2.45, 2.75) is 57.5 Å². The summed E-state index contributed by atoms with van der Waals surface area (Å²) >= 11 is 0. The predicted octanol–water partition coefficient (Wildman–Crippen LogP) is 1.86. The molecule has 2 rings (SSSR count). The molecule has 3 nitrogen and oxygen atoms in total. The number of amides is 1. The summed E-state index contributed by atoms with van der Waals surface area (Å²) in [5.74, 6) is 1.00. The van der Waals surface area contributed by atoms with Gasteiger partial charge in [0.15, 0.2) is 0 Å². The molecule has 0 spiro atoms. The third kappa shape index (κ3) is 3.63.